The first-order chi connectivity index (χ1) is 8.63. The highest BCUT2D eigenvalue weighted by Gasteiger charge is 2.01. The van der Waals surface area contributed by atoms with E-state index < -0.39 is 0 Å². The van der Waals surface area contributed by atoms with Gasteiger partial charge in [-0.2, -0.15) is 0 Å². The molecule has 0 fully saturated rings. The second kappa shape index (κ2) is 8.54. The van der Waals surface area contributed by atoms with Gasteiger partial charge in [0, 0.05) is 4.47 Å². The standard InChI is InChI=1S/C15H24BrNO/c1-12(2)11-17-9-5-4-6-13-7-8-14(18-3)10-15(13)16/h7-8,10,12,17H,4-6,9,11H2,1-3H3. The third-order valence-electron chi connectivity index (χ3n) is 2.86. The second-order valence-corrected chi connectivity index (χ2v) is 5.87. The summed E-state index contributed by atoms with van der Waals surface area (Å²) >= 11 is 3.59. The highest BCUT2D eigenvalue weighted by atomic mass is 79.9. The minimum atomic E-state index is 0.737. The van der Waals surface area contributed by atoms with Crippen molar-refractivity contribution in [3.8, 4) is 5.75 Å². The fourth-order valence-corrected chi connectivity index (χ4v) is 2.37. The Kier molecular flexibility index (Phi) is 7.36. The number of halogens is 1. The maximum Gasteiger partial charge on any atom is 0.120 e. The van der Waals surface area contributed by atoms with Crippen LogP contribution in [0, 0.1) is 5.92 Å². The topological polar surface area (TPSA) is 21.3 Å². The minimum Gasteiger partial charge on any atom is -0.497 e. The van der Waals surface area contributed by atoms with Crippen molar-refractivity contribution in [3.05, 3.63) is 28.2 Å². The molecule has 102 valence electrons. The van der Waals surface area contributed by atoms with Crippen LogP contribution in [0.2, 0.25) is 0 Å². The van der Waals surface area contributed by atoms with Gasteiger partial charge in [-0.05, 0) is 56.0 Å². The van der Waals surface area contributed by atoms with Gasteiger partial charge in [0.15, 0.2) is 0 Å². The molecule has 3 heteroatoms. The third-order valence-corrected chi connectivity index (χ3v) is 3.60. The summed E-state index contributed by atoms with van der Waals surface area (Å²) in [5.74, 6) is 1.64. The molecule has 18 heavy (non-hydrogen) atoms. The average Bonchev–Trinajstić information content (AvgIpc) is 2.34. The number of aryl methyl sites for hydroxylation is 1. The molecule has 0 aliphatic heterocycles. The fraction of sp³-hybridized carbons (Fsp3) is 0.600. The smallest absolute Gasteiger partial charge is 0.120 e. The SMILES string of the molecule is COc1ccc(CCCCNCC(C)C)c(Br)c1. The monoisotopic (exact) mass is 313 g/mol. The lowest BCUT2D eigenvalue weighted by atomic mass is 10.1. The van der Waals surface area contributed by atoms with Gasteiger partial charge >= 0.3 is 0 Å². The number of hydrogen-bond donors (Lipinski definition) is 1. The van der Waals surface area contributed by atoms with Crippen molar-refractivity contribution < 1.29 is 4.74 Å². The van der Waals surface area contributed by atoms with Gasteiger partial charge in [-0.15, -0.1) is 0 Å². The number of unbranched alkanes of at least 4 members (excludes halogenated alkanes) is 1. The minimum absolute atomic E-state index is 0.737. The molecule has 0 saturated carbocycles. The summed E-state index contributed by atoms with van der Waals surface area (Å²) in [7, 11) is 1.70. The molecule has 0 spiro atoms. The highest BCUT2D eigenvalue weighted by Crippen LogP contribution is 2.24. The average molecular weight is 314 g/mol. The van der Waals surface area contributed by atoms with Gasteiger partial charge in [0.2, 0.25) is 0 Å². The van der Waals surface area contributed by atoms with Crippen LogP contribution in [-0.4, -0.2) is 20.2 Å². The molecule has 0 radical (unpaired) electrons. The molecular weight excluding hydrogens is 290 g/mol. The Balaban J connectivity index is 2.23. The molecule has 0 unspecified atom stereocenters. The predicted molar refractivity (Wildman–Crippen MR) is 81.3 cm³/mol. The van der Waals surface area contributed by atoms with Crippen molar-refractivity contribution >= 4 is 15.9 Å². The van der Waals surface area contributed by atoms with Crippen LogP contribution in [0.1, 0.15) is 32.3 Å². The Labute approximate surface area is 119 Å². The summed E-state index contributed by atoms with van der Waals surface area (Å²) in [5.41, 5.74) is 1.36. The number of benzene rings is 1. The van der Waals surface area contributed by atoms with Crippen molar-refractivity contribution in [3.63, 3.8) is 0 Å². The second-order valence-electron chi connectivity index (χ2n) is 5.01. The van der Waals surface area contributed by atoms with E-state index in [1.165, 1.54) is 18.4 Å². The zero-order valence-electron chi connectivity index (χ0n) is 11.6. The van der Waals surface area contributed by atoms with Gasteiger partial charge < -0.3 is 10.1 Å². The molecule has 1 rings (SSSR count). The molecular formula is C15H24BrNO. The normalized spacial score (nSPS) is 10.9. The molecule has 0 aliphatic carbocycles. The number of ether oxygens (including phenoxy) is 1. The molecule has 1 aromatic carbocycles. The summed E-state index contributed by atoms with van der Waals surface area (Å²) in [6.45, 7) is 6.71. The zero-order valence-corrected chi connectivity index (χ0v) is 13.2. The van der Waals surface area contributed by atoms with Gasteiger partial charge in [0.05, 0.1) is 7.11 Å². The molecule has 0 heterocycles. The van der Waals surface area contributed by atoms with Crippen molar-refractivity contribution in [1.29, 1.82) is 0 Å². The van der Waals surface area contributed by atoms with E-state index >= 15 is 0 Å². The van der Waals surface area contributed by atoms with Crippen molar-refractivity contribution in [2.75, 3.05) is 20.2 Å². The van der Waals surface area contributed by atoms with E-state index in [2.05, 4.69) is 41.2 Å². The van der Waals surface area contributed by atoms with Crippen molar-refractivity contribution in [2.45, 2.75) is 33.1 Å². The van der Waals surface area contributed by atoms with Gasteiger partial charge in [-0.1, -0.05) is 35.8 Å². The lowest BCUT2D eigenvalue weighted by Gasteiger charge is -2.08. The van der Waals surface area contributed by atoms with E-state index in [4.69, 9.17) is 4.74 Å². The van der Waals surface area contributed by atoms with Crippen LogP contribution in [0.4, 0.5) is 0 Å². The van der Waals surface area contributed by atoms with Gasteiger partial charge in [-0.25, -0.2) is 0 Å². The van der Waals surface area contributed by atoms with Crippen LogP contribution < -0.4 is 10.1 Å². The first-order valence-electron chi connectivity index (χ1n) is 6.66. The first kappa shape index (κ1) is 15.5. The van der Waals surface area contributed by atoms with Crippen LogP contribution in [0.5, 0.6) is 5.75 Å². The van der Waals surface area contributed by atoms with E-state index in [-0.39, 0.29) is 0 Å². The molecule has 2 nitrogen and oxygen atoms in total. The number of hydrogen-bond acceptors (Lipinski definition) is 2. The Bertz CT molecular complexity index is 352. The molecule has 0 atom stereocenters. The third kappa shape index (κ3) is 5.87. The molecule has 0 saturated heterocycles. The molecule has 0 aromatic heterocycles. The van der Waals surface area contributed by atoms with Crippen molar-refractivity contribution in [2.24, 2.45) is 5.92 Å². The fourth-order valence-electron chi connectivity index (χ4n) is 1.81. The Morgan fingerprint density at radius 3 is 2.67 bits per heavy atom. The summed E-state index contributed by atoms with van der Waals surface area (Å²) in [6, 6.07) is 6.20. The van der Waals surface area contributed by atoms with Gasteiger partial charge in [0.25, 0.3) is 0 Å². The van der Waals surface area contributed by atoms with E-state index in [1.54, 1.807) is 7.11 Å². The van der Waals surface area contributed by atoms with Crippen LogP contribution >= 0.6 is 15.9 Å². The lowest BCUT2D eigenvalue weighted by Crippen LogP contribution is -2.20. The molecule has 0 amide bonds. The Morgan fingerprint density at radius 1 is 1.28 bits per heavy atom. The number of nitrogens with one attached hydrogen (secondary N) is 1. The largest absolute Gasteiger partial charge is 0.497 e. The number of rotatable bonds is 8. The zero-order chi connectivity index (χ0) is 13.4. The lowest BCUT2D eigenvalue weighted by molar-refractivity contribution is 0.414. The summed E-state index contributed by atoms with van der Waals surface area (Å²) in [4.78, 5) is 0. The van der Waals surface area contributed by atoms with Gasteiger partial charge in [-0.3, -0.25) is 0 Å². The van der Waals surface area contributed by atoms with Crippen molar-refractivity contribution in [1.82, 2.24) is 5.32 Å². The van der Waals surface area contributed by atoms with Crippen LogP contribution in [-0.2, 0) is 6.42 Å². The highest BCUT2D eigenvalue weighted by molar-refractivity contribution is 9.10. The van der Waals surface area contributed by atoms with Crippen LogP contribution in [0.3, 0.4) is 0 Å². The molecule has 0 bridgehead atoms. The molecule has 1 aromatic rings. The quantitative estimate of drug-likeness (QED) is 0.732. The maximum atomic E-state index is 5.19. The summed E-state index contributed by atoms with van der Waals surface area (Å²) in [5, 5.41) is 3.47. The Morgan fingerprint density at radius 2 is 2.06 bits per heavy atom. The first-order valence-corrected chi connectivity index (χ1v) is 7.46. The molecule has 0 aliphatic rings. The van der Waals surface area contributed by atoms with Gasteiger partial charge in [0.1, 0.15) is 5.75 Å². The maximum absolute atomic E-state index is 5.19. The summed E-state index contributed by atoms with van der Waals surface area (Å²) in [6.07, 6.45) is 3.56. The predicted octanol–water partition coefficient (Wildman–Crippen LogP) is 4.03. The van der Waals surface area contributed by atoms with E-state index in [0.29, 0.717) is 0 Å². The van der Waals surface area contributed by atoms with E-state index in [0.717, 1.165) is 35.7 Å². The number of methoxy groups -OCH3 is 1. The van der Waals surface area contributed by atoms with E-state index in [1.807, 2.05) is 12.1 Å². The van der Waals surface area contributed by atoms with Crippen LogP contribution in [0.25, 0.3) is 0 Å². The summed E-state index contributed by atoms with van der Waals surface area (Å²) < 4.78 is 6.34. The molecule has 1 N–H and O–H groups in total. The Hall–Kier alpha value is -0.540. The van der Waals surface area contributed by atoms with E-state index in [9.17, 15) is 0 Å². The van der Waals surface area contributed by atoms with Crippen LogP contribution in [0.15, 0.2) is 22.7 Å².